The number of ether oxygens (including phenoxy) is 1. The monoisotopic (exact) mass is 372 g/mol. The molecule has 7 heteroatoms. The molecule has 0 bridgehead atoms. The van der Waals surface area contributed by atoms with Crippen LogP contribution >= 0.6 is 0 Å². The van der Waals surface area contributed by atoms with Gasteiger partial charge in [-0.3, -0.25) is 4.55 Å². The van der Waals surface area contributed by atoms with Crippen LogP contribution in [0.5, 0.6) is 17.2 Å². The normalized spacial score (nSPS) is 11.0. The third-order valence-electron chi connectivity index (χ3n) is 3.70. The molecule has 1 N–H and O–H groups in total. The number of benzene rings is 2. The van der Waals surface area contributed by atoms with Gasteiger partial charge in [0.2, 0.25) is 0 Å². The minimum Gasteiger partial charge on any atom is -0.870 e. The number of para-hydroxylation sites is 1. The molecule has 130 valence electrons. The summed E-state index contributed by atoms with van der Waals surface area (Å²) >= 11 is 0. The van der Waals surface area contributed by atoms with Gasteiger partial charge < -0.3 is 9.84 Å². The van der Waals surface area contributed by atoms with Crippen LogP contribution in [0.4, 0.5) is 0 Å². The smallest absolute Gasteiger partial charge is 0.870 e. The maximum Gasteiger partial charge on any atom is 1.00 e. The van der Waals surface area contributed by atoms with Crippen LogP contribution in [0, 0.1) is 0 Å². The molecule has 0 aliphatic heterocycles. The Morgan fingerprint density at radius 1 is 1.04 bits per heavy atom. The zero-order valence-electron chi connectivity index (χ0n) is 14.6. The molecule has 0 aliphatic rings. The fourth-order valence-electron chi connectivity index (χ4n) is 2.51. The van der Waals surface area contributed by atoms with Gasteiger partial charge in [-0.05, 0) is 31.0 Å². The third-order valence-corrected chi connectivity index (χ3v) is 4.64. The summed E-state index contributed by atoms with van der Waals surface area (Å²) in [4.78, 5) is -0.260. The fourth-order valence-corrected chi connectivity index (χ4v) is 3.26. The van der Waals surface area contributed by atoms with E-state index in [9.17, 15) is 18.1 Å². The molecular formula is C18H21NaO5S. The third kappa shape index (κ3) is 6.31. The number of unbranched alkanes of at least 4 members (excludes halogenated alkanes) is 3. The minimum absolute atomic E-state index is 0. The molecular weight excluding hydrogens is 351 g/mol. The molecule has 0 radical (unpaired) electrons. The van der Waals surface area contributed by atoms with E-state index in [2.05, 4.69) is 6.92 Å². The maximum atomic E-state index is 12.2. The van der Waals surface area contributed by atoms with Gasteiger partial charge in [-0.15, -0.1) is 0 Å². The Morgan fingerprint density at radius 3 is 2.32 bits per heavy atom. The molecule has 2 rings (SSSR count). The molecule has 0 atom stereocenters. The molecule has 0 spiro atoms. The van der Waals surface area contributed by atoms with Gasteiger partial charge in [-0.1, -0.05) is 56.2 Å². The summed E-state index contributed by atoms with van der Waals surface area (Å²) in [5.41, 5.74) is 0.241. The Hall–Kier alpha value is -1.05. The predicted molar refractivity (Wildman–Crippen MR) is 90.1 cm³/mol. The summed E-state index contributed by atoms with van der Waals surface area (Å²) < 4.78 is 38.4. The van der Waals surface area contributed by atoms with Crippen LogP contribution < -0.4 is 39.4 Å². The van der Waals surface area contributed by atoms with E-state index in [1.165, 1.54) is 0 Å². The van der Waals surface area contributed by atoms with Gasteiger partial charge >= 0.3 is 29.6 Å². The van der Waals surface area contributed by atoms with E-state index in [4.69, 9.17) is 4.74 Å². The van der Waals surface area contributed by atoms with Gasteiger partial charge in [0.05, 0.1) is 0 Å². The Morgan fingerprint density at radius 2 is 1.72 bits per heavy atom. The van der Waals surface area contributed by atoms with E-state index >= 15 is 0 Å². The number of hydrogen-bond donors (Lipinski definition) is 1. The molecule has 25 heavy (non-hydrogen) atoms. The maximum absolute atomic E-state index is 12.2. The second kappa shape index (κ2) is 10.2. The first-order valence-electron chi connectivity index (χ1n) is 7.96. The summed E-state index contributed by atoms with van der Waals surface area (Å²) in [6.07, 6.45) is 4.04. The van der Waals surface area contributed by atoms with Crippen molar-refractivity contribution in [2.75, 3.05) is 0 Å². The molecule has 0 aromatic heterocycles. The molecule has 0 heterocycles. The number of hydrogen-bond acceptors (Lipinski definition) is 4. The van der Waals surface area contributed by atoms with Crippen molar-refractivity contribution in [2.24, 2.45) is 0 Å². The van der Waals surface area contributed by atoms with Crippen molar-refractivity contribution < 1.29 is 52.4 Å². The first kappa shape index (κ1) is 22.0. The zero-order chi connectivity index (χ0) is 17.6. The minimum atomic E-state index is -4.43. The Labute approximate surface area is 171 Å². The van der Waals surface area contributed by atoms with Crippen LogP contribution in [0.25, 0.3) is 0 Å². The van der Waals surface area contributed by atoms with E-state index in [0.29, 0.717) is 18.6 Å². The Bertz CT molecular complexity index is 776. The molecule has 0 saturated heterocycles. The van der Waals surface area contributed by atoms with Crippen LogP contribution in [-0.2, 0) is 16.5 Å². The molecule has 0 aliphatic carbocycles. The van der Waals surface area contributed by atoms with Crippen LogP contribution in [0.1, 0.15) is 38.2 Å². The van der Waals surface area contributed by atoms with Crippen LogP contribution in [0.3, 0.4) is 0 Å². The first-order valence-corrected chi connectivity index (χ1v) is 9.40. The SMILES string of the molecule is CCCCCCc1c(S(=O)(=O)O)ccc([O-])c1Oc1ccccc1.[Na+]. The molecule has 0 amide bonds. The Balaban J connectivity index is 0.00000312. The second-order valence-corrected chi connectivity index (χ2v) is 6.96. The van der Waals surface area contributed by atoms with Gasteiger partial charge in [0.15, 0.2) is 0 Å². The van der Waals surface area contributed by atoms with Gasteiger partial charge in [0.1, 0.15) is 16.4 Å². The van der Waals surface area contributed by atoms with Gasteiger partial charge in [-0.25, -0.2) is 0 Å². The van der Waals surface area contributed by atoms with Crippen molar-refractivity contribution in [1.82, 2.24) is 0 Å². The zero-order valence-corrected chi connectivity index (χ0v) is 17.4. The predicted octanol–water partition coefficient (Wildman–Crippen LogP) is 0.926. The average molecular weight is 372 g/mol. The van der Waals surface area contributed by atoms with Crippen LogP contribution in [-0.4, -0.2) is 13.0 Å². The second-order valence-electron chi connectivity index (χ2n) is 5.57. The average Bonchev–Trinajstić information content (AvgIpc) is 2.54. The summed E-state index contributed by atoms with van der Waals surface area (Å²) in [6, 6.07) is 10.9. The van der Waals surface area contributed by atoms with Gasteiger partial charge in [0, 0.05) is 5.56 Å². The van der Waals surface area contributed by atoms with Crippen molar-refractivity contribution in [3.05, 3.63) is 48.0 Å². The topological polar surface area (TPSA) is 86.7 Å². The van der Waals surface area contributed by atoms with E-state index in [1.807, 2.05) is 6.07 Å². The molecule has 0 fully saturated rings. The first-order chi connectivity index (χ1) is 11.4. The fraction of sp³-hybridized carbons (Fsp3) is 0.333. The summed E-state index contributed by atoms with van der Waals surface area (Å²) in [7, 11) is -4.43. The molecule has 0 unspecified atom stereocenters. The van der Waals surface area contributed by atoms with Gasteiger partial charge in [0.25, 0.3) is 10.1 Å². The largest absolute Gasteiger partial charge is 1.00 e. The molecule has 5 nitrogen and oxygen atoms in total. The Kier molecular flexibility index (Phi) is 8.96. The van der Waals surface area contributed by atoms with Crippen molar-refractivity contribution in [1.29, 1.82) is 0 Å². The van der Waals surface area contributed by atoms with E-state index < -0.39 is 15.9 Å². The molecule has 2 aromatic carbocycles. The summed E-state index contributed by atoms with van der Waals surface area (Å²) in [6.45, 7) is 2.08. The van der Waals surface area contributed by atoms with E-state index in [-0.39, 0.29) is 45.8 Å². The standard InChI is InChI=1S/C18H22O5S.Na/c1-2-3-4-8-11-15-17(24(20,21)22)13-12-16(19)18(15)23-14-9-6-5-7-10-14;/h5-7,9-10,12-13,19H,2-4,8,11H2,1H3,(H,20,21,22);/q;+1/p-1. The quantitative estimate of drug-likeness (QED) is 0.423. The van der Waals surface area contributed by atoms with Crippen LogP contribution in [0.15, 0.2) is 47.4 Å². The van der Waals surface area contributed by atoms with E-state index in [1.54, 1.807) is 24.3 Å². The van der Waals surface area contributed by atoms with Crippen molar-refractivity contribution in [2.45, 2.75) is 43.9 Å². The summed E-state index contributed by atoms with van der Waals surface area (Å²) in [5.74, 6) is 0.00136. The van der Waals surface area contributed by atoms with Crippen molar-refractivity contribution >= 4 is 10.1 Å². The van der Waals surface area contributed by atoms with Crippen LogP contribution in [0.2, 0.25) is 0 Å². The molecule has 2 aromatic rings. The van der Waals surface area contributed by atoms with Crippen molar-refractivity contribution in [3.8, 4) is 17.2 Å². The van der Waals surface area contributed by atoms with Crippen molar-refractivity contribution in [3.63, 3.8) is 0 Å². The van der Waals surface area contributed by atoms with E-state index in [0.717, 1.165) is 31.4 Å². The number of rotatable bonds is 8. The molecule has 0 saturated carbocycles. The van der Waals surface area contributed by atoms with Gasteiger partial charge in [-0.2, -0.15) is 8.42 Å². The summed E-state index contributed by atoms with van der Waals surface area (Å²) in [5, 5.41) is 12.2.